The van der Waals surface area contributed by atoms with Gasteiger partial charge in [-0.15, -0.1) is 10.2 Å². The molecule has 23 heavy (non-hydrogen) atoms. The normalized spacial score (nSPS) is 10.3. The highest BCUT2D eigenvalue weighted by Crippen LogP contribution is 2.17. The average Bonchev–Trinajstić information content (AvgIpc) is 3.04. The Hall–Kier alpha value is -2.72. The first-order chi connectivity index (χ1) is 11.2. The molecule has 1 heterocycles. The third-order valence-electron chi connectivity index (χ3n) is 3.08. The molecule has 1 aromatic heterocycles. The fourth-order valence-electron chi connectivity index (χ4n) is 1.95. The van der Waals surface area contributed by atoms with Crippen LogP contribution in [0.5, 0.6) is 5.75 Å². The predicted octanol–water partition coefficient (Wildman–Crippen LogP) is 3.05. The van der Waals surface area contributed by atoms with Gasteiger partial charge in [-0.25, -0.2) is 0 Å². The van der Waals surface area contributed by atoms with Gasteiger partial charge in [0.2, 0.25) is 5.82 Å². The zero-order valence-electron chi connectivity index (χ0n) is 12.1. The minimum atomic E-state index is 0.394. The van der Waals surface area contributed by atoms with Gasteiger partial charge in [-0.05, 0) is 47.7 Å². The minimum Gasteiger partial charge on any atom is -0.492 e. The maximum atomic E-state index is 8.85. The monoisotopic (exact) mass is 369 g/mol. The second-order valence-corrected chi connectivity index (χ2v) is 5.62. The molecule has 0 atom stereocenters. The van der Waals surface area contributed by atoms with Crippen LogP contribution in [0.3, 0.4) is 0 Å². The van der Waals surface area contributed by atoms with Gasteiger partial charge in [0, 0.05) is 10.0 Å². The molecule has 0 aliphatic carbocycles. The predicted molar refractivity (Wildman–Crippen MR) is 87.6 cm³/mol. The summed E-state index contributed by atoms with van der Waals surface area (Å²) in [5, 5.41) is 21.2. The number of tetrazole rings is 1. The summed E-state index contributed by atoms with van der Waals surface area (Å²) in [6.07, 6.45) is 0. The van der Waals surface area contributed by atoms with Crippen molar-refractivity contribution in [3.05, 3.63) is 58.6 Å². The molecule has 0 aliphatic rings. The molecule has 114 valence electrons. The summed E-state index contributed by atoms with van der Waals surface area (Å²) in [5.41, 5.74) is 1.47. The Labute approximate surface area is 141 Å². The lowest BCUT2D eigenvalue weighted by atomic mass is 10.2. The highest BCUT2D eigenvalue weighted by molar-refractivity contribution is 9.10. The van der Waals surface area contributed by atoms with Crippen molar-refractivity contribution in [1.82, 2.24) is 20.2 Å². The van der Waals surface area contributed by atoms with E-state index in [1.54, 1.807) is 18.2 Å². The van der Waals surface area contributed by atoms with Crippen LogP contribution in [-0.2, 0) is 6.54 Å². The van der Waals surface area contributed by atoms with Gasteiger partial charge in [-0.3, -0.25) is 0 Å². The fourth-order valence-corrected chi connectivity index (χ4v) is 2.22. The highest BCUT2D eigenvalue weighted by atomic mass is 79.9. The van der Waals surface area contributed by atoms with E-state index < -0.39 is 0 Å². The van der Waals surface area contributed by atoms with E-state index in [4.69, 9.17) is 10.00 Å². The number of nitrogens with zero attached hydrogens (tertiary/aromatic N) is 5. The summed E-state index contributed by atoms with van der Waals surface area (Å²) in [7, 11) is 0. The van der Waals surface area contributed by atoms with E-state index in [2.05, 4.69) is 37.4 Å². The van der Waals surface area contributed by atoms with Crippen LogP contribution < -0.4 is 4.74 Å². The zero-order valence-corrected chi connectivity index (χ0v) is 13.6. The Morgan fingerprint density at radius 1 is 1.17 bits per heavy atom. The van der Waals surface area contributed by atoms with Crippen LogP contribution in [0.4, 0.5) is 0 Å². The van der Waals surface area contributed by atoms with Crippen LogP contribution in [0.1, 0.15) is 5.56 Å². The highest BCUT2D eigenvalue weighted by Gasteiger charge is 2.06. The molecule has 0 N–H and O–H groups in total. The molecule has 0 bridgehead atoms. The maximum Gasteiger partial charge on any atom is 0.204 e. The van der Waals surface area contributed by atoms with Crippen molar-refractivity contribution in [2.24, 2.45) is 0 Å². The molecule has 0 spiro atoms. The molecule has 0 amide bonds. The molecular formula is C16H12BrN5O. The second-order valence-electron chi connectivity index (χ2n) is 4.70. The lowest BCUT2D eigenvalue weighted by Gasteiger charge is -2.05. The van der Waals surface area contributed by atoms with Gasteiger partial charge in [0.1, 0.15) is 12.4 Å². The first kappa shape index (κ1) is 15.2. The molecule has 6 nitrogen and oxygen atoms in total. The Kier molecular flexibility index (Phi) is 4.64. The Morgan fingerprint density at radius 3 is 2.78 bits per heavy atom. The third-order valence-corrected chi connectivity index (χ3v) is 3.61. The van der Waals surface area contributed by atoms with Crippen molar-refractivity contribution in [3.63, 3.8) is 0 Å². The first-order valence-electron chi connectivity index (χ1n) is 6.91. The van der Waals surface area contributed by atoms with E-state index >= 15 is 0 Å². The zero-order chi connectivity index (χ0) is 16.1. The van der Waals surface area contributed by atoms with E-state index in [1.165, 1.54) is 4.80 Å². The number of rotatable bonds is 5. The van der Waals surface area contributed by atoms with Crippen LogP contribution in [0, 0.1) is 11.3 Å². The van der Waals surface area contributed by atoms with E-state index in [-0.39, 0.29) is 0 Å². The van der Waals surface area contributed by atoms with Gasteiger partial charge in [-0.1, -0.05) is 22.0 Å². The molecule has 2 aromatic carbocycles. The Morgan fingerprint density at radius 2 is 2.00 bits per heavy atom. The molecule has 3 aromatic rings. The number of hydrogen-bond acceptors (Lipinski definition) is 5. The van der Waals surface area contributed by atoms with Crippen molar-refractivity contribution in [1.29, 1.82) is 5.26 Å². The average molecular weight is 370 g/mol. The fraction of sp³-hybridized carbons (Fsp3) is 0.125. The maximum absolute atomic E-state index is 8.85. The van der Waals surface area contributed by atoms with Gasteiger partial charge in [0.25, 0.3) is 0 Å². The topological polar surface area (TPSA) is 76.6 Å². The molecule has 0 fully saturated rings. The summed E-state index contributed by atoms with van der Waals surface area (Å²) in [5.74, 6) is 1.22. The molecule has 0 aliphatic heterocycles. The Bertz CT molecular complexity index is 838. The standard InChI is InChI=1S/C16H12BrN5O/c17-14-6-4-13(5-7-14)16-19-21-22(20-16)8-9-23-15-3-1-2-12(10-15)11-18/h1-7,10H,8-9H2. The van der Waals surface area contributed by atoms with Gasteiger partial charge < -0.3 is 4.74 Å². The number of nitriles is 1. The molecular weight excluding hydrogens is 358 g/mol. The number of halogens is 1. The molecule has 3 rings (SSSR count). The summed E-state index contributed by atoms with van der Waals surface area (Å²) in [6.45, 7) is 0.866. The SMILES string of the molecule is N#Cc1cccc(OCCn2nnc(-c3ccc(Br)cc3)n2)c1. The number of hydrogen-bond donors (Lipinski definition) is 0. The molecule has 0 unspecified atom stereocenters. The molecule has 0 saturated heterocycles. The van der Waals surface area contributed by atoms with Crippen molar-refractivity contribution < 1.29 is 4.74 Å². The minimum absolute atomic E-state index is 0.394. The Balaban J connectivity index is 1.59. The number of benzene rings is 2. The van der Waals surface area contributed by atoms with Crippen molar-refractivity contribution in [3.8, 4) is 23.2 Å². The van der Waals surface area contributed by atoms with Crippen LogP contribution >= 0.6 is 15.9 Å². The van der Waals surface area contributed by atoms with E-state index in [9.17, 15) is 0 Å². The van der Waals surface area contributed by atoms with Crippen molar-refractivity contribution in [2.45, 2.75) is 6.54 Å². The number of ether oxygens (including phenoxy) is 1. The van der Waals surface area contributed by atoms with Crippen molar-refractivity contribution >= 4 is 15.9 Å². The van der Waals surface area contributed by atoms with Gasteiger partial charge >= 0.3 is 0 Å². The molecule has 0 saturated carbocycles. The lowest BCUT2D eigenvalue weighted by Crippen LogP contribution is -2.11. The van der Waals surface area contributed by atoms with Crippen molar-refractivity contribution in [2.75, 3.05) is 6.61 Å². The summed E-state index contributed by atoms with van der Waals surface area (Å²) in [4.78, 5) is 1.49. The van der Waals surface area contributed by atoms with E-state index in [0.717, 1.165) is 10.0 Å². The number of aromatic nitrogens is 4. The van der Waals surface area contributed by atoms with Crippen LogP contribution in [0.15, 0.2) is 53.0 Å². The smallest absolute Gasteiger partial charge is 0.204 e. The lowest BCUT2D eigenvalue weighted by molar-refractivity contribution is 0.280. The third kappa shape index (κ3) is 3.93. The van der Waals surface area contributed by atoms with E-state index in [1.807, 2.05) is 30.3 Å². The largest absolute Gasteiger partial charge is 0.492 e. The summed E-state index contributed by atoms with van der Waals surface area (Å²) in [6, 6.07) is 16.8. The van der Waals surface area contributed by atoms with Crippen LogP contribution in [-0.4, -0.2) is 26.8 Å². The molecule has 0 radical (unpaired) electrons. The van der Waals surface area contributed by atoms with Gasteiger partial charge in [0.15, 0.2) is 0 Å². The van der Waals surface area contributed by atoms with Gasteiger partial charge in [-0.2, -0.15) is 10.1 Å². The summed E-state index contributed by atoms with van der Waals surface area (Å²) < 4.78 is 6.60. The molecule has 7 heteroatoms. The quantitative estimate of drug-likeness (QED) is 0.690. The van der Waals surface area contributed by atoms with Crippen LogP contribution in [0.2, 0.25) is 0 Å². The van der Waals surface area contributed by atoms with Crippen LogP contribution in [0.25, 0.3) is 11.4 Å². The van der Waals surface area contributed by atoms with Gasteiger partial charge in [0.05, 0.1) is 18.2 Å². The van der Waals surface area contributed by atoms with E-state index in [0.29, 0.717) is 30.3 Å². The summed E-state index contributed by atoms with van der Waals surface area (Å²) >= 11 is 3.39. The first-order valence-corrected chi connectivity index (χ1v) is 7.70. The second kappa shape index (κ2) is 7.03.